The molecule has 1 amide bonds. The maximum Gasteiger partial charge on any atom is 0.407 e. The van der Waals surface area contributed by atoms with Gasteiger partial charge in [0.05, 0.1) is 0 Å². The molecule has 1 aliphatic carbocycles. The van der Waals surface area contributed by atoms with Crippen LogP contribution < -0.4 is 10.6 Å². The highest BCUT2D eigenvalue weighted by molar-refractivity contribution is 5.67. The van der Waals surface area contributed by atoms with Crippen molar-refractivity contribution in [2.75, 3.05) is 19.6 Å². The van der Waals surface area contributed by atoms with E-state index >= 15 is 0 Å². The largest absolute Gasteiger partial charge is 0.444 e. The van der Waals surface area contributed by atoms with Crippen molar-refractivity contribution in [3.8, 4) is 0 Å². The molecule has 0 aromatic rings. The minimum atomic E-state index is -0.413. The van der Waals surface area contributed by atoms with Crippen LogP contribution in [-0.4, -0.2) is 31.3 Å². The summed E-state index contributed by atoms with van der Waals surface area (Å²) in [6, 6.07) is 0. The molecule has 2 unspecified atom stereocenters. The molecule has 0 bridgehead atoms. The quantitative estimate of drug-likeness (QED) is 0.809. The maximum atomic E-state index is 11.7. The van der Waals surface area contributed by atoms with Gasteiger partial charge in [0.2, 0.25) is 0 Å². The van der Waals surface area contributed by atoms with Crippen LogP contribution in [0.25, 0.3) is 0 Å². The number of carbonyl (C=O) groups excluding carboxylic acids is 1. The molecule has 1 spiro atoms. The third kappa shape index (κ3) is 3.85. The lowest BCUT2D eigenvalue weighted by molar-refractivity contribution is 0.0494. The highest BCUT2D eigenvalue weighted by atomic mass is 16.6. The summed E-state index contributed by atoms with van der Waals surface area (Å²) in [6.45, 7) is 8.72. The zero-order chi connectivity index (χ0) is 13.9. The van der Waals surface area contributed by atoms with Crippen LogP contribution in [0.2, 0.25) is 0 Å². The van der Waals surface area contributed by atoms with Gasteiger partial charge in [0.1, 0.15) is 5.60 Å². The van der Waals surface area contributed by atoms with Gasteiger partial charge in [0, 0.05) is 13.1 Å². The van der Waals surface area contributed by atoms with E-state index < -0.39 is 5.60 Å². The Morgan fingerprint density at radius 1 is 1.37 bits per heavy atom. The van der Waals surface area contributed by atoms with Gasteiger partial charge in [-0.05, 0) is 64.3 Å². The molecule has 2 atom stereocenters. The summed E-state index contributed by atoms with van der Waals surface area (Å²) >= 11 is 0. The first-order valence-corrected chi connectivity index (χ1v) is 7.59. The van der Waals surface area contributed by atoms with E-state index in [-0.39, 0.29) is 6.09 Å². The third-order valence-electron chi connectivity index (χ3n) is 4.49. The Labute approximate surface area is 116 Å². The molecule has 0 aromatic heterocycles. The first-order chi connectivity index (χ1) is 8.91. The van der Waals surface area contributed by atoms with E-state index in [4.69, 9.17) is 4.74 Å². The number of nitrogens with one attached hydrogen (secondary N) is 2. The van der Waals surface area contributed by atoms with E-state index in [1.165, 1.54) is 32.1 Å². The van der Waals surface area contributed by atoms with Gasteiger partial charge in [0.15, 0.2) is 0 Å². The molecular formula is C15H28N2O2. The molecule has 1 saturated carbocycles. The molecule has 0 aromatic carbocycles. The second kappa shape index (κ2) is 5.70. The van der Waals surface area contributed by atoms with Crippen molar-refractivity contribution in [2.24, 2.45) is 11.3 Å². The molecule has 0 radical (unpaired) electrons. The Morgan fingerprint density at radius 2 is 2.11 bits per heavy atom. The van der Waals surface area contributed by atoms with E-state index in [1.54, 1.807) is 0 Å². The van der Waals surface area contributed by atoms with Crippen LogP contribution in [0.5, 0.6) is 0 Å². The van der Waals surface area contributed by atoms with Crippen LogP contribution in [0.1, 0.15) is 52.9 Å². The van der Waals surface area contributed by atoms with Gasteiger partial charge in [0.25, 0.3) is 0 Å². The number of rotatable bonds is 2. The van der Waals surface area contributed by atoms with Crippen molar-refractivity contribution in [2.45, 2.75) is 58.5 Å². The molecule has 4 heteroatoms. The molecule has 2 rings (SSSR count). The van der Waals surface area contributed by atoms with Gasteiger partial charge in [-0.25, -0.2) is 4.79 Å². The predicted octanol–water partition coefficient (Wildman–Crippen LogP) is 2.68. The second-order valence-electron chi connectivity index (χ2n) is 7.11. The Morgan fingerprint density at radius 3 is 2.74 bits per heavy atom. The van der Waals surface area contributed by atoms with Crippen LogP contribution in [0.3, 0.4) is 0 Å². The van der Waals surface area contributed by atoms with Gasteiger partial charge < -0.3 is 15.4 Å². The fraction of sp³-hybridized carbons (Fsp3) is 0.933. The molecule has 2 N–H and O–H groups in total. The minimum Gasteiger partial charge on any atom is -0.444 e. The van der Waals surface area contributed by atoms with E-state index in [0.29, 0.717) is 11.3 Å². The topological polar surface area (TPSA) is 50.4 Å². The van der Waals surface area contributed by atoms with Gasteiger partial charge in [-0.1, -0.05) is 6.42 Å². The fourth-order valence-corrected chi connectivity index (χ4v) is 3.60. The number of piperidine rings is 1. The Bertz CT molecular complexity index is 317. The predicted molar refractivity (Wildman–Crippen MR) is 76.1 cm³/mol. The van der Waals surface area contributed by atoms with Crippen molar-refractivity contribution >= 4 is 6.09 Å². The van der Waals surface area contributed by atoms with E-state index in [2.05, 4.69) is 10.6 Å². The zero-order valence-electron chi connectivity index (χ0n) is 12.6. The molecule has 110 valence electrons. The number of amides is 1. The summed E-state index contributed by atoms with van der Waals surface area (Å²) in [5.41, 5.74) is 0.0110. The molecular weight excluding hydrogens is 240 g/mol. The number of ether oxygens (including phenoxy) is 1. The molecule has 1 aliphatic heterocycles. The summed E-state index contributed by atoms with van der Waals surface area (Å²) in [4.78, 5) is 11.7. The van der Waals surface area contributed by atoms with Crippen molar-refractivity contribution in [1.82, 2.24) is 10.6 Å². The smallest absolute Gasteiger partial charge is 0.407 e. The van der Waals surface area contributed by atoms with Crippen molar-refractivity contribution in [1.29, 1.82) is 0 Å². The summed E-state index contributed by atoms with van der Waals surface area (Å²) in [5, 5.41) is 6.49. The standard InChI is InChI=1S/C15H28N2O2/c1-14(2,3)19-13(18)17-10-12-6-4-7-15(12)8-5-9-16-11-15/h12,16H,4-11H2,1-3H3,(H,17,18). The molecule has 4 nitrogen and oxygen atoms in total. The van der Waals surface area contributed by atoms with Crippen LogP contribution in [-0.2, 0) is 4.74 Å². The van der Waals surface area contributed by atoms with E-state index in [1.807, 2.05) is 20.8 Å². The van der Waals surface area contributed by atoms with Gasteiger partial charge in [-0.15, -0.1) is 0 Å². The van der Waals surface area contributed by atoms with E-state index in [0.717, 1.165) is 19.6 Å². The molecule has 2 fully saturated rings. The lowest BCUT2D eigenvalue weighted by Crippen LogP contribution is -2.46. The zero-order valence-corrected chi connectivity index (χ0v) is 12.6. The Kier molecular flexibility index (Phi) is 4.39. The van der Waals surface area contributed by atoms with Crippen LogP contribution >= 0.6 is 0 Å². The summed E-state index contributed by atoms with van der Waals surface area (Å²) in [6.07, 6.45) is 6.13. The van der Waals surface area contributed by atoms with Gasteiger partial charge in [-0.2, -0.15) is 0 Å². The number of hydrogen-bond donors (Lipinski definition) is 2. The lowest BCUT2D eigenvalue weighted by atomic mass is 9.72. The second-order valence-corrected chi connectivity index (χ2v) is 7.11. The third-order valence-corrected chi connectivity index (χ3v) is 4.49. The lowest BCUT2D eigenvalue weighted by Gasteiger charge is -2.39. The number of alkyl carbamates (subject to hydrolysis) is 1. The molecule has 1 saturated heterocycles. The SMILES string of the molecule is CC(C)(C)OC(=O)NCC1CCCC12CCCNC2. The summed E-state index contributed by atoms with van der Waals surface area (Å²) in [7, 11) is 0. The van der Waals surface area contributed by atoms with E-state index in [9.17, 15) is 4.79 Å². The highest BCUT2D eigenvalue weighted by Crippen LogP contribution is 2.47. The fourth-order valence-electron chi connectivity index (χ4n) is 3.60. The Balaban J connectivity index is 1.83. The Hall–Kier alpha value is -0.770. The van der Waals surface area contributed by atoms with Crippen molar-refractivity contribution in [3.05, 3.63) is 0 Å². The first kappa shape index (κ1) is 14.6. The van der Waals surface area contributed by atoms with Crippen LogP contribution in [0.15, 0.2) is 0 Å². The summed E-state index contributed by atoms with van der Waals surface area (Å²) < 4.78 is 5.31. The normalized spacial score (nSPS) is 31.4. The monoisotopic (exact) mass is 268 g/mol. The average molecular weight is 268 g/mol. The molecule has 1 heterocycles. The number of hydrogen-bond acceptors (Lipinski definition) is 3. The van der Waals surface area contributed by atoms with Crippen molar-refractivity contribution < 1.29 is 9.53 Å². The number of carbonyl (C=O) groups is 1. The van der Waals surface area contributed by atoms with Gasteiger partial charge in [-0.3, -0.25) is 0 Å². The van der Waals surface area contributed by atoms with Crippen molar-refractivity contribution in [3.63, 3.8) is 0 Å². The summed E-state index contributed by atoms with van der Waals surface area (Å²) in [5.74, 6) is 0.604. The average Bonchev–Trinajstić information content (AvgIpc) is 2.68. The van der Waals surface area contributed by atoms with Crippen LogP contribution in [0.4, 0.5) is 4.79 Å². The highest BCUT2D eigenvalue weighted by Gasteiger charge is 2.43. The first-order valence-electron chi connectivity index (χ1n) is 7.59. The van der Waals surface area contributed by atoms with Gasteiger partial charge >= 0.3 is 6.09 Å². The van der Waals surface area contributed by atoms with Crippen LogP contribution in [0, 0.1) is 11.3 Å². The molecule has 2 aliphatic rings. The maximum absolute atomic E-state index is 11.7. The molecule has 19 heavy (non-hydrogen) atoms. The minimum absolute atomic E-state index is 0.279.